The lowest BCUT2D eigenvalue weighted by Crippen LogP contribution is -2.35. The van der Waals surface area contributed by atoms with E-state index >= 15 is 0 Å². The van der Waals surface area contributed by atoms with Gasteiger partial charge < -0.3 is 20.5 Å². The quantitative estimate of drug-likeness (QED) is 0.605. The zero-order valence-corrected chi connectivity index (χ0v) is 13.5. The van der Waals surface area contributed by atoms with Crippen molar-refractivity contribution in [2.75, 3.05) is 31.9 Å². The highest BCUT2D eigenvalue weighted by Gasteiger charge is 2.10. The minimum absolute atomic E-state index is 0.0351. The number of imidazole rings is 1. The lowest BCUT2D eigenvalue weighted by atomic mass is 10.3. The van der Waals surface area contributed by atoms with Crippen LogP contribution in [0.15, 0.2) is 11.1 Å². The van der Waals surface area contributed by atoms with Gasteiger partial charge >= 0.3 is 0 Å². The third-order valence-electron chi connectivity index (χ3n) is 3.72. The van der Waals surface area contributed by atoms with E-state index in [1.807, 2.05) is 0 Å². The molecule has 9 heteroatoms. The van der Waals surface area contributed by atoms with Crippen molar-refractivity contribution in [2.45, 2.75) is 26.8 Å². The molecular formula is C14H23N7O2. The van der Waals surface area contributed by atoms with Crippen LogP contribution in [0.1, 0.15) is 20.3 Å². The Morgan fingerprint density at radius 3 is 2.87 bits per heavy atom. The number of aryl methyl sites for hydroxylation is 1. The van der Waals surface area contributed by atoms with Crippen molar-refractivity contribution in [3.05, 3.63) is 16.7 Å². The molecule has 126 valence electrons. The minimum atomic E-state index is -0.380. The van der Waals surface area contributed by atoms with Gasteiger partial charge in [0.2, 0.25) is 11.9 Å². The number of hydrogen-bond donors (Lipinski definition) is 3. The molecular weight excluding hydrogens is 298 g/mol. The molecule has 0 radical (unpaired) electrons. The maximum atomic E-state index is 11.9. The second kappa shape index (κ2) is 7.73. The lowest BCUT2D eigenvalue weighted by molar-refractivity contribution is -0.121. The molecule has 2 heterocycles. The van der Waals surface area contributed by atoms with E-state index in [0.29, 0.717) is 18.7 Å². The summed E-state index contributed by atoms with van der Waals surface area (Å²) in [6.45, 7) is 7.97. The number of amides is 1. The number of likely N-dealkylation sites (N-methyl/N-ethyl adjacent to an activating group) is 1. The predicted octanol–water partition coefficient (Wildman–Crippen LogP) is -0.450. The Labute approximate surface area is 133 Å². The summed E-state index contributed by atoms with van der Waals surface area (Å²) < 4.78 is 1.66. The number of aromatic amines is 1. The molecule has 0 spiro atoms. The highest BCUT2D eigenvalue weighted by Crippen LogP contribution is 2.06. The normalized spacial score (nSPS) is 11.3. The number of anilines is 1. The number of H-pyrrole nitrogens is 1. The Bertz CT molecular complexity index is 717. The first-order valence-electron chi connectivity index (χ1n) is 7.74. The van der Waals surface area contributed by atoms with Gasteiger partial charge in [-0.1, -0.05) is 13.8 Å². The van der Waals surface area contributed by atoms with Crippen LogP contribution in [0, 0.1) is 0 Å². The fourth-order valence-electron chi connectivity index (χ4n) is 2.34. The Hall–Kier alpha value is -2.42. The molecule has 0 unspecified atom stereocenters. The van der Waals surface area contributed by atoms with Gasteiger partial charge in [-0.3, -0.25) is 14.6 Å². The highest BCUT2D eigenvalue weighted by atomic mass is 16.1. The monoisotopic (exact) mass is 321 g/mol. The maximum Gasteiger partial charge on any atom is 0.280 e. The number of fused-ring (bicyclic) bond motifs is 1. The zero-order chi connectivity index (χ0) is 16.8. The summed E-state index contributed by atoms with van der Waals surface area (Å²) in [6.07, 6.45) is 1.79. The zero-order valence-electron chi connectivity index (χ0n) is 13.5. The van der Waals surface area contributed by atoms with Crippen LogP contribution in [0.5, 0.6) is 0 Å². The van der Waals surface area contributed by atoms with Crippen molar-refractivity contribution >= 4 is 23.0 Å². The number of nitrogen functional groups attached to an aromatic ring is 1. The molecule has 1 amide bonds. The van der Waals surface area contributed by atoms with Crippen LogP contribution >= 0.6 is 0 Å². The SMILES string of the molecule is CCN(CC)CCNC(=O)CCn1cnc2c(=O)[nH]c(N)nc21. The van der Waals surface area contributed by atoms with Crippen molar-refractivity contribution < 1.29 is 4.79 Å². The molecule has 0 aliphatic carbocycles. The van der Waals surface area contributed by atoms with Crippen LogP contribution in [0.25, 0.3) is 11.2 Å². The predicted molar refractivity (Wildman–Crippen MR) is 88.0 cm³/mol. The highest BCUT2D eigenvalue weighted by molar-refractivity contribution is 5.76. The molecule has 0 aliphatic rings. The molecule has 9 nitrogen and oxygen atoms in total. The molecule has 0 aromatic carbocycles. The number of carbonyl (C=O) groups is 1. The fraction of sp³-hybridized carbons (Fsp3) is 0.571. The molecule has 4 N–H and O–H groups in total. The first kappa shape index (κ1) is 16.9. The third kappa shape index (κ3) is 4.28. The Kier molecular flexibility index (Phi) is 5.69. The summed E-state index contributed by atoms with van der Waals surface area (Å²) in [4.78, 5) is 36.3. The van der Waals surface area contributed by atoms with E-state index in [0.717, 1.165) is 19.6 Å². The van der Waals surface area contributed by atoms with Crippen LogP contribution < -0.4 is 16.6 Å². The lowest BCUT2D eigenvalue weighted by Gasteiger charge is -2.17. The fourth-order valence-corrected chi connectivity index (χ4v) is 2.34. The number of carbonyl (C=O) groups excluding carboxylic acids is 1. The van der Waals surface area contributed by atoms with E-state index in [4.69, 9.17) is 5.73 Å². The van der Waals surface area contributed by atoms with Gasteiger partial charge in [-0.2, -0.15) is 4.98 Å². The topological polar surface area (TPSA) is 122 Å². The summed E-state index contributed by atoms with van der Waals surface area (Å²) in [6, 6.07) is 0. The van der Waals surface area contributed by atoms with Crippen molar-refractivity contribution in [1.82, 2.24) is 29.7 Å². The molecule has 2 aromatic rings. The summed E-state index contributed by atoms with van der Waals surface area (Å²) in [5.74, 6) is -0.00950. The minimum Gasteiger partial charge on any atom is -0.369 e. The van der Waals surface area contributed by atoms with Gasteiger partial charge in [0.05, 0.1) is 6.33 Å². The Balaban J connectivity index is 1.89. The average Bonchev–Trinajstić information content (AvgIpc) is 2.93. The molecule has 0 bridgehead atoms. The van der Waals surface area contributed by atoms with Gasteiger partial charge in [-0.15, -0.1) is 0 Å². The number of rotatable bonds is 8. The van der Waals surface area contributed by atoms with Gasteiger partial charge in [0.1, 0.15) is 0 Å². The van der Waals surface area contributed by atoms with Crippen LogP contribution in [0.2, 0.25) is 0 Å². The largest absolute Gasteiger partial charge is 0.369 e. The number of nitrogens with two attached hydrogens (primary N) is 1. The molecule has 0 atom stereocenters. The molecule has 2 rings (SSSR count). The molecule has 2 aromatic heterocycles. The van der Waals surface area contributed by atoms with Gasteiger partial charge in [-0.05, 0) is 13.1 Å². The van der Waals surface area contributed by atoms with Gasteiger partial charge in [0, 0.05) is 26.1 Å². The van der Waals surface area contributed by atoms with E-state index in [2.05, 4.69) is 39.0 Å². The summed E-state index contributed by atoms with van der Waals surface area (Å²) in [7, 11) is 0. The van der Waals surface area contributed by atoms with Gasteiger partial charge in [0.25, 0.3) is 5.56 Å². The maximum absolute atomic E-state index is 11.9. The Morgan fingerprint density at radius 1 is 1.43 bits per heavy atom. The first-order valence-corrected chi connectivity index (χ1v) is 7.74. The molecule has 0 fully saturated rings. The van der Waals surface area contributed by atoms with Crippen LogP contribution in [0.4, 0.5) is 5.95 Å². The second-order valence-electron chi connectivity index (χ2n) is 5.19. The number of nitrogens with one attached hydrogen (secondary N) is 2. The average molecular weight is 321 g/mol. The van der Waals surface area contributed by atoms with Crippen LogP contribution in [-0.2, 0) is 11.3 Å². The number of hydrogen-bond acceptors (Lipinski definition) is 6. The van der Waals surface area contributed by atoms with Crippen LogP contribution in [0.3, 0.4) is 0 Å². The number of nitrogens with zero attached hydrogens (tertiary/aromatic N) is 4. The van der Waals surface area contributed by atoms with Crippen molar-refractivity contribution in [3.8, 4) is 0 Å². The van der Waals surface area contributed by atoms with Gasteiger partial charge in [0.15, 0.2) is 11.2 Å². The molecule has 0 aliphatic heterocycles. The molecule has 0 saturated heterocycles. The van der Waals surface area contributed by atoms with E-state index in [9.17, 15) is 9.59 Å². The van der Waals surface area contributed by atoms with Gasteiger partial charge in [-0.25, -0.2) is 4.98 Å². The summed E-state index contributed by atoms with van der Waals surface area (Å²) in [5, 5.41) is 2.89. The second-order valence-corrected chi connectivity index (χ2v) is 5.19. The molecule has 23 heavy (non-hydrogen) atoms. The first-order chi connectivity index (χ1) is 11.0. The molecule has 0 saturated carbocycles. The van der Waals surface area contributed by atoms with Crippen molar-refractivity contribution in [2.24, 2.45) is 0 Å². The third-order valence-corrected chi connectivity index (χ3v) is 3.72. The van der Waals surface area contributed by atoms with Crippen LogP contribution in [-0.4, -0.2) is 56.5 Å². The van der Waals surface area contributed by atoms with E-state index in [1.54, 1.807) is 4.57 Å². The smallest absolute Gasteiger partial charge is 0.280 e. The van der Waals surface area contributed by atoms with E-state index in [-0.39, 0.29) is 29.4 Å². The standard InChI is InChI=1S/C14H23N7O2/c1-3-20(4-2)8-6-16-10(22)5-7-21-9-17-11-12(21)18-14(15)19-13(11)23/h9H,3-8H2,1-2H3,(H,16,22)(H3,15,18,19,23). The van der Waals surface area contributed by atoms with E-state index < -0.39 is 0 Å². The van der Waals surface area contributed by atoms with E-state index in [1.165, 1.54) is 6.33 Å². The number of aromatic nitrogens is 4. The van der Waals surface area contributed by atoms with Crippen molar-refractivity contribution in [1.29, 1.82) is 0 Å². The summed E-state index contributed by atoms with van der Waals surface area (Å²) in [5.41, 5.74) is 5.77. The Morgan fingerprint density at radius 2 is 2.17 bits per heavy atom. The van der Waals surface area contributed by atoms with Crippen molar-refractivity contribution in [3.63, 3.8) is 0 Å². The summed E-state index contributed by atoms with van der Waals surface area (Å²) >= 11 is 0.